The van der Waals surface area contributed by atoms with Crippen LogP contribution in [0.5, 0.6) is 0 Å². The molecule has 5 heteroatoms. The summed E-state index contributed by atoms with van der Waals surface area (Å²) in [5.41, 5.74) is 2.95. The molecule has 21 heavy (non-hydrogen) atoms. The summed E-state index contributed by atoms with van der Waals surface area (Å²) in [7, 11) is 1.92. The highest BCUT2D eigenvalue weighted by atomic mass is 15.3. The molecule has 0 unspecified atom stereocenters. The van der Waals surface area contributed by atoms with Gasteiger partial charge in [-0.2, -0.15) is 5.10 Å². The van der Waals surface area contributed by atoms with Crippen molar-refractivity contribution < 1.29 is 0 Å². The fraction of sp³-hybridized carbons (Fsp3) is 0.312. The minimum absolute atomic E-state index is 0.309. The highest BCUT2D eigenvalue weighted by molar-refractivity contribution is 5.80. The van der Waals surface area contributed by atoms with E-state index in [0.29, 0.717) is 12.5 Å². The first-order valence-corrected chi connectivity index (χ1v) is 7.14. The fourth-order valence-electron chi connectivity index (χ4n) is 2.34. The number of rotatable bonds is 4. The Bertz CT molecular complexity index is 760. The zero-order chi connectivity index (χ0) is 14.8. The van der Waals surface area contributed by atoms with Gasteiger partial charge < -0.3 is 5.32 Å². The van der Waals surface area contributed by atoms with Crippen molar-refractivity contribution in [1.29, 1.82) is 0 Å². The van der Waals surface area contributed by atoms with Crippen LogP contribution in [0.15, 0.2) is 36.7 Å². The van der Waals surface area contributed by atoms with Crippen molar-refractivity contribution in [2.75, 3.05) is 7.05 Å². The minimum Gasteiger partial charge on any atom is -0.314 e. The average molecular weight is 281 g/mol. The van der Waals surface area contributed by atoms with Crippen LogP contribution in [0.3, 0.4) is 0 Å². The summed E-state index contributed by atoms with van der Waals surface area (Å²) in [6, 6.07) is 8.14. The van der Waals surface area contributed by atoms with E-state index in [1.165, 1.54) is 0 Å². The maximum atomic E-state index is 4.69. The summed E-state index contributed by atoms with van der Waals surface area (Å²) in [6.45, 7) is 4.88. The number of aromatic nitrogens is 4. The molecule has 3 aromatic rings. The number of nitrogens with zero attached hydrogens (tertiary/aromatic N) is 4. The summed E-state index contributed by atoms with van der Waals surface area (Å²) >= 11 is 0. The smallest absolute Gasteiger partial charge is 0.131 e. The molecule has 0 spiro atoms. The van der Waals surface area contributed by atoms with Crippen LogP contribution in [0.2, 0.25) is 0 Å². The lowest BCUT2D eigenvalue weighted by molar-refractivity contribution is 0.711. The molecule has 0 aliphatic rings. The second-order valence-electron chi connectivity index (χ2n) is 5.36. The molecular weight excluding hydrogens is 262 g/mol. The minimum atomic E-state index is 0.309. The predicted octanol–water partition coefficient (Wildman–Crippen LogP) is 2.66. The van der Waals surface area contributed by atoms with Gasteiger partial charge in [-0.3, -0.25) is 0 Å². The van der Waals surface area contributed by atoms with Gasteiger partial charge in [0.2, 0.25) is 0 Å². The number of nitrogens with one attached hydrogen (secondary N) is 1. The Labute approximate surface area is 124 Å². The molecule has 0 fully saturated rings. The van der Waals surface area contributed by atoms with Crippen LogP contribution in [-0.2, 0) is 6.54 Å². The summed E-state index contributed by atoms with van der Waals surface area (Å²) in [5, 5.41) is 8.77. The van der Waals surface area contributed by atoms with Crippen molar-refractivity contribution in [1.82, 2.24) is 25.1 Å². The normalized spacial score (nSPS) is 11.4. The topological polar surface area (TPSA) is 55.6 Å². The van der Waals surface area contributed by atoms with Gasteiger partial charge in [0.1, 0.15) is 11.5 Å². The molecule has 5 nitrogen and oxygen atoms in total. The Kier molecular flexibility index (Phi) is 3.66. The summed E-state index contributed by atoms with van der Waals surface area (Å²) in [5.74, 6) is 1.17. The zero-order valence-electron chi connectivity index (χ0n) is 12.5. The van der Waals surface area contributed by atoms with Crippen molar-refractivity contribution in [2.45, 2.75) is 26.3 Å². The van der Waals surface area contributed by atoms with Gasteiger partial charge in [-0.1, -0.05) is 32.0 Å². The molecule has 0 bridgehead atoms. The van der Waals surface area contributed by atoms with Gasteiger partial charge in [-0.15, -0.1) is 0 Å². The predicted molar refractivity (Wildman–Crippen MR) is 83.5 cm³/mol. The van der Waals surface area contributed by atoms with E-state index in [4.69, 9.17) is 4.98 Å². The van der Waals surface area contributed by atoms with Crippen LogP contribution in [0.4, 0.5) is 0 Å². The van der Waals surface area contributed by atoms with E-state index < -0.39 is 0 Å². The third kappa shape index (κ3) is 2.52. The molecular formula is C16H19N5. The number of fused-ring (bicyclic) bond motifs is 1. The Morgan fingerprint density at radius 2 is 2.00 bits per heavy atom. The van der Waals surface area contributed by atoms with E-state index in [0.717, 1.165) is 28.1 Å². The van der Waals surface area contributed by atoms with E-state index in [1.807, 2.05) is 36.3 Å². The van der Waals surface area contributed by atoms with Gasteiger partial charge in [0.25, 0.3) is 0 Å². The Balaban J connectivity index is 2.17. The van der Waals surface area contributed by atoms with E-state index in [2.05, 4.69) is 41.4 Å². The van der Waals surface area contributed by atoms with Gasteiger partial charge >= 0.3 is 0 Å². The summed E-state index contributed by atoms with van der Waals surface area (Å²) in [6.07, 6.45) is 3.74. The van der Waals surface area contributed by atoms with Gasteiger partial charge in [0, 0.05) is 17.8 Å². The third-order valence-electron chi connectivity index (χ3n) is 3.43. The standard InChI is InChI=1S/C16H19N5/c1-11(2)16-18-10-15(13(20-16)9-17-3)21-14-7-5-4-6-12(14)8-19-21/h4-8,10-11,17H,9H2,1-3H3. The van der Waals surface area contributed by atoms with Gasteiger partial charge in [0.05, 0.1) is 23.6 Å². The van der Waals surface area contributed by atoms with Crippen molar-refractivity contribution in [2.24, 2.45) is 0 Å². The molecule has 0 atom stereocenters. The quantitative estimate of drug-likeness (QED) is 0.799. The molecule has 0 amide bonds. The molecule has 0 aliphatic carbocycles. The molecule has 3 rings (SSSR count). The largest absolute Gasteiger partial charge is 0.314 e. The Morgan fingerprint density at radius 1 is 1.19 bits per heavy atom. The van der Waals surface area contributed by atoms with Crippen molar-refractivity contribution in [3.05, 3.63) is 48.2 Å². The first-order chi connectivity index (χ1) is 10.2. The number of hydrogen-bond acceptors (Lipinski definition) is 4. The van der Waals surface area contributed by atoms with Crippen LogP contribution in [0, 0.1) is 0 Å². The maximum absolute atomic E-state index is 4.69. The van der Waals surface area contributed by atoms with Crippen molar-refractivity contribution in [3.63, 3.8) is 0 Å². The van der Waals surface area contributed by atoms with Crippen molar-refractivity contribution in [3.8, 4) is 5.69 Å². The van der Waals surface area contributed by atoms with E-state index >= 15 is 0 Å². The highest BCUT2D eigenvalue weighted by Gasteiger charge is 2.13. The second kappa shape index (κ2) is 5.61. The summed E-state index contributed by atoms with van der Waals surface area (Å²) < 4.78 is 1.91. The molecule has 2 heterocycles. The molecule has 1 N–H and O–H groups in total. The summed E-state index contributed by atoms with van der Waals surface area (Å²) in [4.78, 5) is 9.17. The monoisotopic (exact) mass is 281 g/mol. The third-order valence-corrected chi connectivity index (χ3v) is 3.43. The van der Waals surface area contributed by atoms with E-state index in [-0.39, 0.29) is 0 Å². The number of benzene rings is 1. The van der Waals surface area contributed by atoms with Crippen LogP contribution < -0.4 is 5.32 Å². The SMILES string of the molecule is CNCc1nc(C(C)C)ncc1-n1ncc2ccccc21. The lowest BCUT2D eigenvalue weighted by Gasteiger charge is -2.12. The van der Waals surface area contributed by atoms with Crippen LogP contribution >= 0.6 is 0 Å². The first-order valence-electron chi connectivity index (χ1n) is 7.14. The lowest BCUT2D eigenvalue weighted by atomic mass is 10.2. The molecule has 2 aromatic heterocycles. The molecule has 0 saturated carbocycles. The van der Waals surface area contributed by atoms with Crippen molar-refractivity contribution >= 4 is 10.9 Å². The van der Waals surface area contributed by atoms with Crippen LogP contribution in [0.1, 0.15) is 31.3 Å². The lowest BCUT2D eigenvalue weighted by Crippen LogP contribution is -2.14. The fourth-order valence-corrected chi connectivity index (χ4v) is 2.34. The van der Waals surface area contributed by atoms with Gasteiger partial charge in [0.15, 0.2) is 0 Å². The molecule has 0 saturated heterocycles. The van der Waals surface area contributed by atoms with Crippen LogP contribution in [-0.4, -0.2) is 26.8 Å². The van der Waals surface area contributed by atoms with Crippen LogP contribution in [0.25, 0.3) is 16.6 Å². The molecule has 1 aromatic carbocycles. The highest BCUT2D eigenvalue weighted by Crippen LogP contribution is 2.20. The number of hydrogen-bond donors (Lipinski definition) is 1. The Morgan fingerprint density at radius 3 is 2.76 bits per heavy atom. The van der Waals surface area contributed by atoms with E-state index in [9.17, 15) is 0 Å². The molecule has 0 radical (unpaired) electrons. The van der Waals surface area contributed by atoms with Gasteiger partial charge in [-0.05, 0) is 13.1 Å². The molecule has 108 valence electrons. The maximum Gasteiger partial charge on any atom is 0.131 e. The Hall–Kier alpha value is -2.27. The zero-order valence-corrected chi connectivity index (χ0v) is 12.5. The first kappa shape index (κ1) is 13.7. The molecule has 0 aliphatic heterocycles. The van der Waals surface area contributed by atoms with Gasteiger partial charge in [-0.25, -0.2) is 14.6 Å². The second-order valence-corrected chi connectivity index (χ2v) is 5.36. The van der Waals surface area contributed by atoms with E-state index in [1.54, 1.807) is 0 Å². The number of para-hydroxylation sites is 1. The average Bonchev–Trinajstić information content (AvgIpc) is 2.91.